The van der Waals surface area contributed by atoms with Gasteiger partial charge in [-0.2, -0.15) is 0 Å². The molecule has 2 aliphatic rings. The third kappa shape index (κ3) is 3.93. The Morgan fingerprint density at radius 1 is 1.17 bits per heavy atom. The number of likely N-dealkylation sites (N-methyl/N-ethyl adjacent to an activating group) is 1. The number of nitrogens with zero attached hydrogens (tertiary/aromatic N) is 3. The molecule has 2 aliphatic heterocycles. The minimum Gasteiger partial charge on any atom is -0.336 e. The van der Waals surface area contributed by atoms with Crippen molar-refractivity contribution in [3.05, 3.63) is 58.3 Å². The van der Waals surface area contributed by atoms with Gasteiger partial charge in [0.2, 0.25) is 0 Å². The molecular weight excluding hydrogens is 370 g/mol. The molecule has 0 spiro atoms. The number of amides is 2. The topological polar surface area (TPSA) is 88.7 Å². The zero-order chi connectivity index (χ0) is 20.5. The molecule has 0 saturated carbocycles. The molecule has 2 bridgehead atoms. The van der Waals surface area contributed by atoms with Crippen molar-refractivity contribution in [3.63, 3.8) is 0 Å². The third-order valence-electron chi connectivity index (χ3n) is 5.56. The van der Waals surface area contributed by atoms with Crippen molar-refractivity contribution < 1.29 is 14.5 Å². The molecule has 1 saturated heterocycles. The first-order chi connectivity index (χ1) is 13.9. The van der Waals surface area contributed by atoms with E-state index in [1.165, 1.54) is 0 Å². The molecule has 152 valence electrons. The van der Waals surface area contributed by atoms with Crippen LogP contribution >= 0.6 is 0 Å². The number of carbonyl (C=O) groups excluding carboxylic acids is 2. The summed E-state index contributed by atoms with van der Waals surface area (Å²) in [5, 5.41) is 2.74. The second-order valence-corrected chi connectivity index (χ2v) is 8.24. The fourth-order valence-corrected chi connectivity index (χ4v) is 4.37. The van der Waals surface area contributed by atoms with E-state index in [0.29, 0.717) is 37.6 Å². The lowest BCUT2D eigenvalue weighted by atomic mass is 9.83. The van der Waals surface area contributed by atoms with Crippen LogP contribution in [0.25, 0.3) is 0 Å². The molecule has 1 fully saturated rings. The van der Waals surface area contributed by atoms with Crippen molar-refractivity contribution in [2.75, 3.05) is 39.0 Å². The van der Waals surface area contributed by atoms with E-state index in [1.54, 1.807) is 29.0 Å². The molecule has 0 radical (unpaired) electrons. The molecule has 4 heterocycles. The Kier molecular flexibility index (Phi) is 5.19. The summed E-state index contributed by atoms with van der Waals surface area (Å²) < 4.78 is 1.78. The highest BCUT2D eigenvalue weighted by atomic mass is 16.2. The van der Waals surface area contributed by atoms with Gasteiger partial charge in [-0.15, -0.1) is 0 Å². The van der Waals surface area contributed by atoms with E-state index < -0.39 is 0 Å². The fraction of sp³-hybridized carbons (Fsp3) is 0.429. The van der Waals surface area contributed by atoms with Crippen LogP contribution in [0.2, 0.25) is 0 Å². The minimum absolute atomic E-state index is 0.0637. The van der Waals surface area contributed by atoms with Crippen LogP contribution in [0.1, 0.15) is 28.5 Å². The highest BCUT2D eigenvalue weighted by Crippen LogP contribution is 2.35. The Balaban J connectivity index is 1.55. The zero-order valence-electron chi connectivity index (χ0n) is 16.7. The van der Waals surface area contributed by atoms with Gasteiger partial charge in [0.05, 0.1) is 14.1 Å². The van der Waals surface area contributed by atoms with Crippen molar-refractivity contribution in [1.29, 1.82) is 0 Å². The average Bonchev–Trinajstić information content (AvgIpc) is 2.70. The molecule has 29 heavy (non-hydrogen) atoms. The van der Waals surface area contributed by atoms with Gasteiger partial charge in [0.25, 0.3) is 17.4 Å². The molecule has 8 heteroatoms. The SMILES string of the molecule is C[NH+](C)CC(=O)Nc1ccc2n(c1=O)C[C@H]1C[C@@H]2CN(C(=O)c2ccccn2)C1. The van der Waals surface area contributed by atoms with Crippen LogP contribution in [0.3, 0.4) is 0 Å². The number of aromatic nitrogens is 2. The van der Waals surface area contributed by atoms with Gasteiger partial charge in [-0.05, 0) is 36.6 Å². The smallest absolute Gasteiger partial charge is 0.279 e. The first kappa shape index (κ1) is 19.3. The molecule has 2 amide bonds. The van der Waals surface area contributed by atoms with Gasteiger partial charge in [-0.3, -0.25) is 19.4 Å². The van der Waals surface area contributed by atoms with Gasteiger partial charge in [0.15, 0.2) is 6.54 Å². The zero-order valence-corrected chi connectivity index (χ0v) is 16.7. The number of carbonyl (C=O) groups is 2. The Labute approximate surface area is 169 Å². The molecule has 2 atom stereocenters. The molecule has 0 unspecified atom stereocenters. The first-order valence-electron chi connectivity index (χ1n) is 9.95. The van der Waals surface area contributed by atoms with E-state index in [2.05, 4.69) is 10.3 Å². The van der Waals surface area contributed by atoms with Gasteiger partial charge < -0.3 is 19.7 Å². The quantitative estimate of drug-likeness (QED) is 0.735. The van der Waals surface area contributed by atoms with Gasteiger partial charge in [-0.25, -0.2) is 0 Å². The van der Waals surface area contributed by atoms with E-state index in [4.69, 9.17) is 0 Å². The van der Waals surface area contributed by atoms with Gasteiger partial charge >= 0.3 is 0 Å². The van der Waals surface area contributed by atoms with Crippen molar-refractivity contribution in [2.24, 2.45) is 5.92 Å². The van der Waals surface area contributed by atoms with E-state index in [1.807, 2.05) is 31.1 Å². The van der Waals surface area contributed by atoms with Crippen molar-refractivity contribution in [2.45, 2.75) is 18.9 Å². The summed E-state index contributed by atoms with van der Waals surface area (Å²) in [6.45, 7) is 2.04. The summed E-state index contributed by atoms with van der Waals surface area (Å²) in [6.07, 6.45) is 2.58. The first-order valence-corrected chi connectivity index (χ1v) is 9.95. The molecule has 0 aliphatic carbocycles. The monoisotopic (exact) mass is 396 g/mol. The Morgan fingerprint density at radius 3 is 2.72 bits per heavy atom. The van der Waals surface area contributed by atoms with Crippen LogP contribution in [0, 0.1) is 5.92 Å². The standard InChI is InChI=1S/C21H25N5O3/c1-24(2)13-19(27)23-17-6-7-18-15-9-14(11-26(18)21(17)29)10-25(12-15)20(28)16-5-3-4-8-22-16/h3-8,14-15H,9-13H2,1-2H3,(H,23,27)/p+1/t14-,15+/m0/s1. The van der Waals surface area contributed by atoms with Crippen molar-refractivity contribution >= 4 is 17.5 Å². The number of quaternary nitrogens is 1. The van der Waals surface area contributed by atoms with Crippen LogP contribution < -0.4 is 15.8 Å². The minimum atomic E-state index is -0.175. The second-order valence-electron chi connectivity index (χ2n) is 8.24. The lowest BCUT2D eigenvalue weighted by Crippen LogP contribution is -3.06. The number of hydrogen-bond acceptors (Lipinski definition) is 4. The number of likely N-dealkylation sites (tertiary alicyclic amines) is 1. The molecule has 0 aromatic carbocycles. The van der Waals surface area contributed by atoms with E-state index in [-0.39, 0.29) is 29.2 Å². The summed E-state index contributed by atoms with van der Waals surface area (Å²) in [6, 6.07) is 8.94. The van der Waals surface area contributed by atoms with E-state index >= 15 is 0 Å². The summed E-state index contributed by atoms with van der Waals surface area (Å²) >= 11 is 0. The average molecular weight is 396 g/mol. The largest absolute Gasteiger partial charge is 0.336 e. The van der Waals surface area contributed by atoms with Crippen LogP contribution in [-0.2, 0) is 11.3 Å². The van der Waals surface area contributed by atoms with Crippen molar-refractivity contribution in [3.8, 4) is 0 Å². The maximum atomic E-state index is 13.0. The number of piperidine rings is 1. The molecule has 8 nitrogen and oxygen atoms in total. The van der Waals surface area contributed by atoms with Gasteiger partial charge in [-0.1, -0.05) is 6.07 Å². The molecule has 2 N–H and O–H groups in total. The number of hydrogen-bond donors (Lipinski definition) is 2. The maximum Gasteiger partial charge on any atom is 0.279 e. The number of rotatable bonds is 4. The van der Waals surface area contributed by atoms with E-state index in [9.17, 15) is 14.4 Å². The maximum absolute atomic E-state index is 13.0. The number of pyridine rings is 2. The van der Waals surface area contributed by atoms with Crippen molar-refractivity contribution in [1.82, 2.24) is 14.5 Å². The second kappa shape index (κ2) is 7.79. The predicted octanol–water partition coefficient (Wildman–Crippen LogP) is -0.414. The molecular formula is C21H26N5O3+. The summed E-state index contributed by atoms with van der Waals surface area (Å²) in [5.74, 6) is 0.0829. The Hall–Kier alpha value is -3.00. The number of nitrogens with one attached hydrogen (secondary N) is 2. The Bertz CT molecular complexity index is 986. The third-order valence-corrected chi connectivity index (χ3v) is 5.56. The number of anilines is 1. The predicted molar refractivity (Wildman–Crippen MR) is 108 cm³/mol. The Morgan fingerprint density at radius 2 is 2.00 bits per heavy atom. The highest BCUT2D eigenvalue weighted by Gasteiger charge is 2.37. The summed E-state index contributed by atoms with van der Waals surface area (Å²) in [4.78, 5) is 44.9. The number of fused-ring (bicyclic) bond motifs is 4. The highest BCUT2D eigenvalue weighted by molar-refractivity contribution is 5.92. The van der Waals surface area contributed by atoms with E-state index in [0.717, 1.165) is 17.0 Å². The van der Waals surface area contributed by atoms with Crippen LogP contribution in [-0.4, -0.2) is 60.0 Å². The summed E-state index contributed by atoms with van der Waals surface area (Å²) in [7, 11) is 3.77. The lowest BCUT2D eigenvalue weighted by molar-refractivity contribution is -0.849. The van der Waals surface area contributed by atoms with Crippen LogP contribution in [0.5, 0.6) is 0 Å². The van der Waals surface area contributed by atoms with Gasteiger partial charge in [0.1, 0.15) is 11.4 Å². The van der Waals surface area contributed by atoms with Crippen LogP contribution in [0.4, 0.5) is 5.69 Å². The molecule has 4 rings (SSSR count). The molecule has 2 aromatic rings. The normalized spacial score (nSPS) is 20.3. The molecule has 2 aromatic heterocycles. The summed E-state index contributed by atoms with van der Waals surface area (Å²) in [5.41, 5.74) is 1.54. The fourth-order valence-electron chi connectivity index (χ4n) is 4.37. The lowest BCUT2D eigenvalue weighted by Gasteiger charge is -2.42. The van der Waals surface area contributed by atoms with Gasteiger partial charge in [0, 0.05) is 37.4 Å². The van der Waals surface area contributed by atoms with Crippen LogP contribution in [0.15, 0.2) is 41.3 Å².